The first-order valence-corrected chi connectivity index (χ1v) is 4.03. The summed E-state index contributed by atoms with van der Waals surface area (Å²) in [6.45, 7) is 2.95. The Labute approximate surface area is 76.7 Å². The van der Waals surface area contributed by atoms with Crippen LogP contribution in [0.25, 0.3) is 0 Å². The zero-order chi connectivity index (χ0) is 6.69. The van der Waals surface area contributed by atoms with Crippen LogP contribution in [0.1, 0.15) is 6.92 Å². The largest absolute Gasteiger partial charge is 1.00 e. The Hall–Kier alpha value is 0.0600. The third kappa shape index (κ3) is 2.36. The van der Waals surface area contributed by atoms with Crippen molar-refractivity contribution in [2.75, 3.05) is 12.3 Å². The van der Waals surface area contributed by atoms with Gasteiger partial charge in [0.05, 0.1) is 5.75 Å². The van der Waals surface area contributed by atoms with E-state index in [9.17, 15) is 0 Å². The van der Waals surface area contributed by atoms with Crippen molar-refractivity contribution in [1.82, 2.24) is 0 Å². The van der Waals surface area contributed by atoms with Crippen LogP contribution in [0.15, 0.2) is 0 Å². The van der Waals surface area contributed by atoms with Crippen molar-refractivity contribution in [1.29, 1.82) is 0 Å². The second-order valence-electron chi connectivity index (χ2n) is 2.16. The van der Waals surface area contributed by atoms with E-state index in [2.05, 4.69) is 23.0 Å². The van der Waals surface area contributed by atoms with Crippen molar-refractivity contribution >= 4 is 17.3 Å². The zero-order valence-corrected chi connectivity index (χ0v) is 8.28. The maximum Gasteiger partial charge on any atom is 0.204 e. The molecule has 0 bridgehead atoms. The molecule has 1 heterocycles. The van der Waals surface area contributed by atoms with Crippen molar-refractivity contribution in [3.8, 4) is 12.3 Å². The van der Waals surface area contributed by atoms with E-state index in [-0.39, 0.29) is 17.0 Å². The molecular formula is C7H10BrNS. The van der Waals surface area contributed by atoms with Crippen LogP contribution in [-0.4, -0.2) is 28.5 Å². The molecule has 1 atom stereocenters. The topological polar surface area (TPSA) is 3.01 Å². The molecule has 56 valence electrons. The van der Waals surface area contributed by atoms with Gasteiger partial charge in [-0.05, 0) is 12.8 Å². The summed E-state index contributed by atoms with van der Waals surface area (Å²) in [4.78, 5) is 0. The fraction of sp³-hybridized carbons (Fsp3) is 0.571. The summed E-state index contributed by atoms with van der Waals surface area (Å²) in [6, 6.07) is 0.631. The molecule has 1 aliphatic rings. The molecule has 0 N–H and O–H groups in total. The average molecular weight is 220 g/mol. The molecule has 1 nitrogen and oxygen atoms in total. The number of thioether (sulfide) groups is 1. The van der Waals surface area contributed by atoms with Crippen LogP contribution < -0.4 is 17.0 Å². The van der Waals surface area contributed by atoms with E-state index in [1.54, 1.807) is 0 Å². The van der Waals surface area contributed by atoms with Gasteiger partial charge in [0.2, 0.25) is 6.54 Å². The van der Waals surface area contributed by atoms with Gasteiger partial charge in [-0.2, -0.15) is 0 Å². The van der Waals surface area contributed by atoms with Crippen LogP contribution in [0.2, 0.25) is 0 Å². The fourth-order valence-electron chi connectivity index (χ4n) is 0.776. The Balaban J connectivity index is 0.000000810. The number of nitrogens with zero attached hydrogens (tertiary/aromatic N) is 1. The van der Waals surface area contributed by atoms with E-state index in [1.807, 2.05) is 11.8 Å². The number of rotatable bonds is 1. The molecule has 1 rings (SSSR count). The molecular weight excluding hydrogens is 210 g/mol. The molecule has 0 amide bonds. The standard InChI is InChI=1S/C7H10NS.BrH/c1-3-4-8-6-9-5-7(8)2;/h1,6-7H,4-5H2,2H3;1H/q+1;/p-1. The van der Waals surface area contributed by atoms with Gasteiger partial charge in [-0.1, -0.05) is 11.8 Å². The van der Waals surface area contributed by atoms with Crippen LogP contribution in [0.4, 0.5) is 0 Å². The summed E-state index contributed by atoms with van der Waals surface area (Å²) in [5, 5.41) is 0. The minimum Gasteiger partial charge on any atom is -1.00 e. The summed E-state index contributed by atoms with van der Waals surface area (Å²) in [7, 11) is 0. The van der Waals surface area contributed by atoms with Crippen LogP contribution in [0.5, 0.6) is 0 Å². The fourth-order valence-corrected chi connectivity index (χ4v) is 1.81. The highest BCUT2D eigenvalue weighted by molar-refractivity contribution is 8.12. The summed E-state index contributed by atoms with van der Waals surface area (Å²) >= 11 is 1.84. The van der Waals surface area contributed by atoms with Crippen molar-refractivity contribution in [2.24, 2.45) is 0 Å². The van der Waals surface area contributed by atoms with Crippen molar-refractivity contribution < 1.29 is 21.6 Å². The summed E-state index contributed by atoms with van der Waals surface area (Å²) in [5.74, 6) is 3.80. The molecule has 0 aromatic carbocycles. The Bertz CT molecular complexity index is 171. The predicted molar refractivity (Wildman–Crippen MR) is 41.9 cm³/mol. The lowest BCUT2D eigenvalue weighted by molar-refractivity contribution is -0.536. The van der Waals surface area contributed by atoms with Crippen molar-refractivity contribution in [3.63, 3.8) is 0 Å². The van der Waals surface area contributed by atoms with Crippen LogP contribution in [-0.2, 0) is 0 Å². The van der Waals surface area contributed by atoms with Gasteiger partial charge < -0.3 is 17.0 Å². The zero-order valence-electron chi connectivity index (χ0n) is 5.88. The molecule has 1 unspecified atom stereocenters. The normalized spacial score (nSPS) is 22.8. The van der Waals surface area contributed by atoms with E-state index in [4.69, 9.17) is 6.42 Å². The average Bonchev–Trinajstić information content (AvgIpc) is 2.18. The maximum atomic E-state index is 5.15. The minimum atomic E-state index is 0. The maximum absolute atomic E-state index is 5.15. The smallest absolute Gasteiger partial charge is 0.204 e. The lowest BCUT2D eigenvalue weighted by Crippen LogP contribution is -3.00. The molecule has 0 fully saturated rings. The molecule has 0 aliphatic carbocycles. The predicted octanol–water partition coefficient (Wildman–Crippen LogP) is -2.20. The van der Waals surface area contributed by atoms with Gasteiger partial charge in [0.1, 0.15) is 0 Å². The quantitative estimate of drug-likeness (QED) is 0.358. The van der Waals surface area contributed by atoms with Gasteiger partial charge >= 0.3 is 0 Å². The number of hydrogen-bond donors (Lipinski definition) is 0. The lowest BCUT2D eigenvalue weighted by Gasteiger charge is -1.97. The van der Waals surface area contributed by atoms with Crippen LogP contribution in [0, 0.1) is 12.3 Å². The molecule has 10 heavy (non-hydrogen) atoms. The number of terminal acetylenes is 1. The third-order valence-electron chi connectivity index (χ3n) is 1.39. The first-order valence-electron chi connectivity index (χ1n) is 2.98. The highest BCUT2D eigenvalue weighted by Crippen LogP contribution is 2.09. The van der Waals surface area contributed by atoms with E-state index in [0.29, 0.717) is 6.04 Å². The molecule has 3 heteroatoms. The molecule has 0 spiro atoms. The monoisotopic (exact) mass is 219 g/mol. The van der Waals surface area contributed by atoms with E-state index >= 15 is 0 Å². The first kappa shape index (κ1) is 10.1. The van der Waals surface area contributed by atoms with Gasteiger partial charge in [-0.25, -0.2) is 4.58 Å². The lowest BCUT2D eigenvalue weighted by atomic mass is 10.4. The Morgan fingerprint density at radius 3 is 3.00 bits per heavy atom. The Kier molecular flexibility index (Phi) is 4.84. The summed E-state index contributed by atoms with van der Waals surface area (Å²) in [6.07, 6.45) is 5.15. The van der Waals surface area contributed by atoms with Crippen LogP contribution >= 0.6 is 11.8 Å². The molecule has 1 aliphatic heterocycles. The highest BCUT2D eigenvalue weighted by Gasteiger charge is 2.19. The summed E-state index contributed by atoms with van der Waals surface area (Å²) < 4.78 is 2.19. The number of hydrogen-bond acceptors (Lipinski definition) is 1. The van der Waals surface area contributed by atoms with Crippen molar-refractivity contribution in [3.05, 3.63) is 0 Å². The number of halogens is 1. The van der Waals surface area contributed by atoms with Gasteiger partial charge in [0.15, 0.2) is 11.6 Å². The second-order valence-corrected chi connectivity index (χ2v) is 3.04. The Morgan fingerprint density at radius 2 is 2.60 bits per heavy atom. The third-order valence-corrected chi connectivity index (χ3v) is 2.48. The van der Waals surface area contributed by atoms with Gasteiger partial charge in [-0.15, -0.1) is 6.42 Å². The molecule has 0 radical (unpaired) electrons. The van der Waals surface area contributed by atoms with E-state index in [0.717, 1.165) is 6.54 Å². The molecule has 0 aromatic rings. The summed E-state index contributed by atoms with van der Waals surface area (Å²) in [5.41, 5.74) is 2.12. The molecule has 0 saturated heterocycles. The molecule has 0 aromatic heterocycles. The van der Waals surface area contributed by atoms with Gasteiger partial charge in [-0.3, -0.25) is 0 Å². The Morgan fingerprint density at radius 1 is 1.90 bits per heavy atom. The first-order chi connectivity index (χ1) is 4.34. The van der Waals surface area contributed by atoms with Crippen molar-refractivity contribution in [2.45, 2.75) is 13.0 Å². The van der Waals surface area contributed by atoms with Crippen LogP contribution in [0.3, 0.4) is 0 Å². The van der Waals surface area contributed by atoms with Gasteiger partial charge in [0, 0.05) is 0 Å². The second kappa shape index (κ2) is 4.81. The highest BCUT2D eigenvalue weighted by atomic mass is 79.9. The molecule has 0 saturated carbocycles. The van der Waals surface area contributed by atoms with E-state index < -0.39 is 0 Å². The van der Waals surface area contributed by atoms with Gasteiger partial charge in [0.25, 0.3) is 0 Å². The van der Waals surface area contributed by atoms with E-state index in [1.165, 1.54) is 5.75 Å². The SMILES string of the molecule is C#CC[N+]1=CSCC1C.[Br-]. The minimum absolute atomic E-state index is 0.